The SMILES string of the molecule is O=C(Cc1ccc(F)cc1)N1CCN(C(=O)Cc2ccccc2[N+](=O)[O-])CC1. The van der Waals surface area contributed by atoms with Gasteiger partial charge >= 0.3 is 0 Å². The van der Waals surface area contributed by atoms with Gasteiger partial charge in [-0.05, 0) is 17.7 Å². The third-order valence-corrected chi connectivity index (χ3v) is 4.78. The average Bonchev–Trinajstić information content (AvgIpc) is 2.70. The molecule has 0 atom stereocenters. The standard InChI is InChI=1S/C20H20FN3O4/c21-17-7-5-15(6-8-17)13-19(25)22-9-11-23(12-10-22)20(26)14-16-3-1-2-4-18(16)24(27)28/h1-8H,9-14H2. The van der Waals surface area contributed by atoms with Crippen LogP contribution in [0.2, 0.25) is 0 Å². The van der Waals surface area contributed by atoms with Crippen LogP contribution in [0.3, 0.4) is 0 Å². The molecular weight excluding hydrogens is 365 g/mol. The van der Waals surface area contributed by atoms with E-state index in [1.807, 2.05) is 0 Å². The maximum Gasteiger partial charge on any atom is 0.273 e. The summed E-state index contributed by atoms with van der Waals surface area (Å²) in [4.78, 5) is 38.8. The fraction of sp³-hybridized carbons (Fsp3) is 0.300. The van der Waals surface area contributed by atoms with Crippen molar-refractivity contribution in [3.05, 3.63) is 75.6 Å². The van der Waals surface area contributed by atoms with Gasteiger partial charge in [-0.25, -0.2) is 4.39 Å². The maximum absolute atomic E-state index is 13.0. The molecule has 2 aromatic rings. The highest BCUT2D eigenvalue weighted by Gasteiger charge is 2.25. The van der Waals surface area contributed by atoms with Crippen LogP contribution in [0.15, 0.2) is 48.5 Å². The molecule has 146 valence electrons. The highest BCUT2D eigenvalue weighted by molar-refractivity contribution is 5.81. The molecule has 8 heteroatoms. The number of amides is 2. The summed E-state index contributed by atoms with van der Waals surface area (Å²) in [5.74, 6) is -0.612. The van der Waals surface area contributed by atoms with Crippen molar-refractivity contribution in [3.63, 3.8) is 0 Å². The highest BCUT2D eigenvalue weighted by atomic mass is 19.1. The Bertz CT molecular complexity index is 877. The zero-order chi connectivity index (χ0) is 20.1. The van der Waals surface area contributed by atoms with Crippen LogP contribution in [0.1, 0.15) is 11.1 Å². The van der Waals surface area contributed by atoms with Gasteiger partial charge in [-0.1, -0.05) is 30.3 Å². The lowest BCUT2D eigenvalue weighted by molar-refractivity contribution is -0.385. The van der Waals surface area contributed by atoms with Crippen LogP contribution in [0.5, 0.6) is 0 Å². The molecule has 0 aromatic heterocycles. The fourth-order valence-corrected chi connectivity index (χ4v) is 3.21. The molecule has 2 amide bonds. The number of carbonyl (C=O) groups is 2. The lowest BCUT2D eigenvalue weighted by Crippen LogP contribution is -2.51. The Morgan fingerprint density at radius 2 is 1.43 bits per heavy atom. The zero-order valence-corrected chi connectivity index (χ0v) is 15.2. The third-order valence-electron chi connectivity index (χ3n) is 4.78. The van der Waals surface area contributed by atoms with E-state index in [-0.39, 0.29) is 36.2 Å². The Morgan fingerprint density at radius 1 is 0.893 bits per heavy atom. The molecule has 0 aliphatic carbocycles. The van der Waals surface area contributed by atoms with Crippen molar-refractivity contribution in [1.82, 2.24) is 9.80 Å². The first-order chi connectivity index (χ1) is 13.4. The fourth-order valence-electron chi connectivity index (χ4n) is 3.21. The number of para-hydroxylation sites is 1. The van der Waals surface area contributed by atoms with E-state index in [9.17, 15) is 24.1 Å². The van der Waals surface area contributed by atoms with Crippen molar-refractivity contribution in [1.29, 1.82) is 0 Å². The summed E-state index contributed by atoms with van der Waals surface area (Å²) in [5, 5.41) is 11.1. The van der Waals surface area contributed by atoms with E-state index in [2.05, 4.69) is 0 Å². The predicted octanol–water partition coefficient (Wildman–Crippen LogP) is 2.19. The Labute approximate surface area is 161 Å². The molecule has 0 bridgehead atoms. The minimum atomic E-state index is -0.491. The van der Waals surface area contributed by atoms with Crippen molar-refractivity contribution >= 4 is 17.5 Å². The van der Waals surface area contributed by atoms with Gasteiger partial charge in [-0.15, -0.1) is 0 Å². The van der Waals surface area contributed by atoms with Crippen LogP contribution >= 0.6 is 0 Å². The van der Waals surface area contributed by atoms with E-state index in [1.54, 1.807) is 40.1 Å². The molecule has 7 nitrogen and oxygen atoms in total. The molecule has 1 aliphatic rings. The molecule has 0 N–H and O–H groups in total. The van der Waals surface area contributed by atoms with Crippen molar-refractivity contribution in [2.45, 2.75) is 12.8 Å². The molecule has 1 fully saturated rings. The second kappa shape index (κ2) is 8.60. The summed E-state index contributed by atoms with van der Waals surface area (Å²) in [7, 11) is 0. The largest absolute Gasteiger partial charge is 0.339 e. The van der Waals surface area contributed by atoms with Crippen LogP contribution in [-0.2, 0) is 22.4 Å². The molecule has 0 saturated carbocycles. The molecule has 3 rings (SSSR count). The number of nitrogens with zero attached hydrogens (tertiary/aromatic N) is 3. The minimum absolute atomic E-state index is 0.0410. The van der Waals surface area contributed by atoms with Crippen molar-refractivity contribution in [3.8, 4) is 0 Å². The number of hydrogen-bond acceptors (Lipinski definition) is 4. The summed E-state index contributed by atoms with van der Waals surface area (Å²) < 4.78 is 13.0. The average molecular weight is 385 g/mol. The summed E-state index contributed by atoms with van der Waals surface area (Å²) in [6.45, 7) is 1.58. The first-order valence-corrected chi connectivity index (χ1v) is 8.96. The Balaban J connectivity index is 1.53. The summed E-state index contributed by atoms with van der Waals surface area (Å²) in [6, 6.07) is 12.0. The van der Waals surface area contributed by atoms with Crippen LogP contribution < -0.4 is 0 Å². The van der Waals surface area contributed by atoms with E-state index >= 15 is 0 Å². The summed E-state index contributed by atoms with van der Waals surface area (Å²) in [6.07, 6.45) is 0.144. The van der Waals surface area contributed by atoms with Crippen LogP contribution in [0.25, 0.3) is 0 Å². The van der Waals surface area contributed by atoms with E-state index in [4.69, 9.17) is 0 Å². The van der Waals surface area contributed by atoms with Gasteiger partial charge in [-0.3, -0.25) is 19.7 Å². The monoisotopic (exact) mass is 385 g/mol. The quantitative estimate of drug-likeness (QED) is 0.583. The van der Waals surface area contributed by atoms with E-state index in [1.165, 1.54) is 18.2 Å². The number of rotatable bonds is 5. The number of nitro benzene ring substituents is 1. The Morgan fingerprint density at radius 3 is 2.00 bits per heavy atom. The second-order valence-electron chi connectivity index (χ2n) is 6.63. The molecule has 1 heterocycles. The Hall–Kier alpha value is -3.29. The number of piperazine rings is 1. The van der Waals surface area contributed by atoms with E-state index in [0.29, 0.717) is 31.7 Å². The number of halogens is 1. The first-order valence-electron chi connectivity index (χ1n) is 8.96. The summed E-state index contributed by atoms with van der Waals surface area (Å²) >= 11 is 0. The molecule has 0 unspecified atom stereocenters. The number of benzene rings is 2. The van der Waals surface area contributed by atoms with Crippen molar-refractivity contribution in [2.24, 2.45) is 0 Å². The number of hydrogen-bond donors (Lipinski definition) is 0. The number of nitro groups is 1. The first kappa shape index (κ1) is 19.5. The van der Waals surface area contributed by atoms with Gasteiger partial charge in [0.05, 0.1) is 17.8 Å². The van der Waals surface area contributed by atoms with Gasteiger partial charge < -0.3 is 9.80 Å². The van der Waals surface area contributed by atoms with Gasteiger partial charge in [0.2, 0.25) is 11.8 Å². The molecule has 1 aliphatic heterocycles. The van der Waals surface area contributed by atoms with E-state index in [0.717, 1.165) is 5.56 Å². The molecular formula is C20H20FN3O4. The van der Waals surface area contributed by atoms with Gasteiger partial charge in [0.15, 0.2) is 0 Å². The van der Waals surface area contributed by atoms with E-state index < -0.39 is 4.92 Å². The number of carbonyl (C=O) groups excluding carboxylic acids is 2. The van der Waals surface area contributed by atoms with Crippen LogP contribution in [0.4, 0.5) is 10.1 Å². The van der Waals surface area contributed by atoms with Gasteiger partial charge in [0.25, 0.3) is 5.69 Å². The van der Waals surface area contributed by atoms with Gasteiger partial charge in [0, 0.05) is 37.8 Å². The molecule has 1 saturated heterocycles. The van der Waals surface area contributed by atoms with Crippen molar-refractivity contribution in [2.75, 3.05) is 26.2 Å². The lowest BCUT2D eigenvalue weighted by Gasteiger charge is -2.35. The maximum atomic E-state index is 13.0. The van der Waals surface area contributed by atoms with Gasteiger partial charge in [-0.2, -0.15) is 0 Å². The molecule has 0 radical (unpaired) electrons. The third kappa shape index (κ3) is 4.70. The van der Waals surface area contributed by atoms with Gasteiger partial charge in [0.1, 0.15) is 5.82 Å². The van der Waals surface area contributed by atoms with Crippen LogP contribution in [0, 0.1) is 15.9 Å². The van der Waals surface area contributed by atoms with Crippen molar-refractivity contribution < 1.29 is 18.9 Å². The normalized spacial score (nSPS) is 14.0. The molecule has 28 heavy (non-hydrogen) atoms. The molecule has 0 spiro atoms. The van der Waals surface area contributed by atoms with Crippen LogP contribution in [-0.4, -0.2) is 52.7 Å². The topological polar surface area (TPSA) is 83.8 Å². The second-order valence-corrected chi connectivity index (χ2v) is 6.63. The Kier molecular flexibility index (Phi) is 5.98. The smallest absolute Gasteiger partial charge is 0.273 e. The minimum Gasteiger partial charge on any atom is -0.339 e. The predicted molar refractivity (Wildman–Crippen MR) is 100 cm³/mol. The molecule has 2 aromatic carbocycles. The highest BCUT2D eigenvalue weighted by Crippen LogP contribution is 2.19. The summed E-state index contributed by atoms with van der Waals surface area (Å²) in [5.41, 5.74) is 1.05. The zero-order valence-electron chi connectivity index (χ0n) is 15.2. The lowest BCUT2D eigenvalue weighted by atomic mass is 10.1.